The van der Waals surface area contributed by atoms with E-state index in [1.54, 1.807) is 11.8 Å². The zero-order valence-corrected chi connectivity index (χ0v) is 12.8. The van der Waals surface area contributed by atoms with Gasteiger partial charge in [0.2, 0.25) is 5.89 Å². The van der Waals surface area contributed by atoms with Crippen molar-refractivity contribution in [3.8, 4) is 0 Å². The minimum absolute atomic E-state index is 0.600. The Hall–Kier alpha value is -1.78. The van der Waals surface area contributed by atoms with E-state index in [2.05, 4.69) is 22.3 Å². The third-order valence-electron chi connectivity index (χ3n) is 2.92. The Morgan fingerprint density at radius 1 is 0.905 bits per heavy atom. The van der Waals surface area contributed by atoms with Gasteiger partial charge in [-0.05, 0) is 23.3 Å². The molecule has 0 aliphatic rings. The molecule has 2 aromatic carbocycles. The van der Waals surface area contributed by atoms with Crippen molar-refractivity contribution in [3.63, 3.8) is 0 Å². The Morgan fingerprint density at radius 2 is 1.67 bits per heavy atom. The zero-order valence-electron chi connectivity index (χ0n) is 11.2. The summed E-state index contributed by atoms with van der Waals surface area (Å²) in [7, 11) is 0. The standard InChI is InChI=1S/C16H13ClN2OS/c17-14-8-6-12(7-9-14)10-15-18-19-16(20-15)21-11-13-4-2-1-3-5-13/h1-9H,10-11H2. The summed E-state index contributed by atoms with van der Waals surface area (Å²) in [4.78, 5) is 0. The largest absolute Gasteiger partial charge is 0.416 e. The predicted octanol–water partition coefficient (Wildman–Crippen LogP) is 4.61. The van der Waals surface area contributed by atoms with Crippen molar-refractivity contribution in [2.45, 2.75) is 17.4 Å². The lowest BCUT2D eigenvalue weighted by atomic mass is 10.1. The summed E-state index contributed by atoms with van der Waals surface area (Å²) in [5.41, 5.74) is 2.34. The highest BCUT2D eigenvalue weighted by Gasteiger charge is 2.08. The predicted molar refractivity (Wildman–Crippen MR) is 84.6 cm³/mol. The van der Waals surface area contributed by atoms with Gasteiger partial charge in [-0.15, -0.1) is 10.2 Å². The van der Waals surface area contributed by atoms with E-state index in [0.29, 0.717) is 17.5 Å². The SMILES string of the molecule is Clc1ccc(Cc2nnc(SCc3ccccc3)o2)cc1. The molecule has 3 aromatic rings. The Balaban J connectivity index is 1.59. The minimum Gasteiger partial charge on any atom is -0.416 e. The highest BCUT2D eigenvalue weighted by atomic mass is 35.5. The van der Waals surface area contributed by atoms with Crippen LogP contribution in [0.25, 0.3) is 0 Å². The molecule has 0 saturated carbocycles. The summed E-state index contributed by atoms with van der Waals surface area (Å²) in [6.45, 7) is 0. The second kappa shape index (κ2) is 6.78. The fourth-order valence-corrected chi connectivity index (χ4v) is 2.73. The van der Waals surface area contributed by atoms with Crippen molar-refractivity contribution in [1.29, 1.82) is 0 Å². The normalized spacial score (nSPS) is 10.7. The number of rotatable bonds is 5. The molecule has 0 spiro atoms. The van der Waals surface area contributed by atoms with E-state index in [0.717, 1.165) is 16.3 Å². The van der Waals surface area contributed by atoms with Crippen molar-refractivity contribution in [3.05, 3.63) is 76.6 Å². The van der Waals surface area contributed by atoms with Crippen molar-refractivity contribution in [2.24, 2.45) is 0 Å². The van der Waals surface area contributed by atoms with Gasteiger partial charge in [0.25, 0.3) is 5.22 Å². The average Bonchev–Trinajstić information content (AvgIpc) is 2.96. The maximum atomic E-state index is 5.86. The number of hydrogen-bond acceptors (Lipinski definition) is 4. The maximum absolute atomic E-state index is 5.86. The molecule has 106 valence electrons. The zero-order chi connectivity index (χ0) is 14.5. The summed E-state index contributed by atoms with van der Waals surface area (Å²) < 4.78 is 5.65. The number of benzene rings is 2. The van der Waals surface area contributed by atoms with Crippen LogP contribution in [-0.4, -0.2) is 10.2 Å². The fraction of sp³-hybridized carbons (Fsp3) is 0.125. The van der Waals surface area contributed by atoms with Gasteiger partial charge in [0.05, 0.1) is 6.42 Å². The summed E-state index contributed by atoms with van der Waals surface area (Å²) in [5, 5.41) is 9.47. The van der Waals surface area contributed by atoms with Crippen LogP contribution < -0.4 is 0 Å². The van der Waals surface area contributed by atoms with Crippen LogP contribution in [0.3, 0.4) is 0 Å². The molecule has 3 nitrogen and oxygen atoms in total. The van der Waals surface area contributed by atoms with Crippen molar-refractivity contribution in [1.82, 2.24) is 10.2 Å². The van der Waals surface area contributed by atoms with Crippen LogP contribution in [0, 0.1) is 0 Å². The molecule has 0 N–H and O–H groups in total. The van der Waals surface area contributed by atoms with E-state index in [1.807, 2.05) is 42.5 Å². The Labute approximate surface area is 132 Å². The number of nitrogens with zero attached hydrogens (tertiary/aromatic N) is 2. The number of thioether (sulfide) groups is 1. The van der Waals surface area contributed by atoms with Crippen LogP contribution in [0.15, 0.2) is 64.2 Å². The molecule has 0 aliphatic carbocycles. The monoisotopic (exact) mass is 316 g/mol. The summed E-state index contributed by atoms with van der Waals surface area (Å²) in [5.74, 6) is 1.44. The van der Waals surface area contributed by atoms with E-state index in [-0.39, 0.29) is 0 Å². The van der Waals surface area contributed by atoms with Gasteiger partial charge in [-0.2, -0.15) is 0 Å². The van der Waals surface area contributed by atoms with Gasteiger partial charge in [-0.3, -0.25) is 0 Å². The Bertz CT molecular complexity index is 698. The van der Waals surface area contributed by atoms with Crippen LogP contribution in [0.2, 0.25) is 5.02 Å². The molecule has 1 aromatic heterocycles. The molecule has 5 heteroatoms. The van der Waals surface area contributed by atoms with Crippen LogP contribution in [0.4, 0.5) is 0 Å². The molecule has 3 rings (SSSR count). The van der Waals surface area contributed by atoms with E-state index >= 15 is 0 Å². The molecule has 0 atom stereocenters. The van der Waals surface area contributed by atoms with E-state index in [1.165, 1.54) is 5.56 Å². The fourth-order valence-electron chi connectivity index (χ4n) is 1.86. The number of hydrogen-bond donors (Lipinski definition) is 0. The topological polar surface area (TPSA) is 38.9 Å². The van der Waals surface area contributed by atoms with Crippen molar-refractivity contribution >= 4 is 23.4 Å². The third-order valence-corrected chi connectivity index (χ3v) is 4.06. The highest BCUT2D eigenvalue weighted by molar-refractivity contribution is 7.98. The van der Waals surface area contributed by atoms with Crippen LogP contribution in [0.5, 0.6) is 0 Å². The quantitative estimate of drug-likeness (QED) is 0.644. The maximum Gasteiger partial charge on any atom is 0.276 e. The second-order valence-electron chi connectivity index (χ2n) is 4.54. The van der Waals surface area contributed by atoms with E-state index in [9.17, 15) is 0 Å². The molecule has 0 unspecified atom stereocenters. The molecule has 0 bridgehead atoms. The van der Waals surface area contributed by atoms with Gasteiger partial charge < -0.3 is 4.42 Å². The molecule has 0 radical (unpaired) electrons. The van der Waals surface area contributed by atoms with Crippen molar-refractivity contribution < 1.29 is 4.42 Å². The summed E-state index contributed by atoms with van der Waals surface area (Å²) in [6, 6.07) is 17.9. The summed E-state index contributed by atoms with van der Waals surface area (Å²) in [6.07, 6.45) is 0.621. The van der Waals surface area contributed by atoms with Gasteiger partial charge >= 0.3 is 0 Å². The minimum atomic E-state index is 0.600. The lowest BCUT2D eigenvalue weighted by Gasteiger charge is -1.97. The first kappa shape index (κ1) is 14.2. The molecular formula is C16H13ClN2OS. The average molecular weight is 317 g/mol. The van der Waals surface area contributed by atoms with Gasteiger partial charge in [0.15, 0.2) is 0 Å². The van der Waals surface area contributed by atoms with Gasteiger partial charge in [0, 0.05) is 10.8 Å². The van der Waals surface area contributed by atoms with Gasteiger partial charge in [-0.25, -0.2) is 0 Å². The van der Waals surface area contributed by atoms with Crippen LogP contribution in [0.1, 0.15) is 17.0 Å². The van der Waals surface area contributed by atoms with Crippen LogP contribution >= 0.6 is 23.4 Å². The van der Waals surface area contributed by atoms with E-state index < -0.39 is 0 Å². The lowest BCUT2D eigenvalue weighted by molar-refractivity contribution is 0.420. The second-order valence-corrected chi connectivity index (χ2v) is 5.90. The Morgan fingerprint density at radius 3 is 2.43 bits per heavy atom. The van der Waals surface area contributed by atoms with Gasteiger partial charge in [0.1, 0.15) is 0 Å². The summed E-state index contributed by atoms with van der Waals surface area (Å²) >= 11 is 7.41. The van der Waals surface area contributed by atoms with Crippen LogP contribution in [-0.2, 0) is 12.2 Å². The first-order chi connectivity index (χ1) is 10.3. The van der Waals surface area contributed by atoms with E-state index in [4.69, 9.17) is 16.0 Å². The molecule has 0 fully saturated rings. The van der Waals surface area contributed by atoms with Gasteiger partial charge in [-0.1, -0.05) is 65.8 Å². The lowest BCUT2D eigenvalue weighted by Crippen LogP contribution is -1.87. The first-order valence-corrected chi connectivity index (χ1v) is 7.89. The highest BCUT2D eigenvalue weighted by Crippen LogP contribution is 2.22. The number of halogens is 1. The molecule has 21 heavy (non-hydrogen) atoms. The van der Waals surface area contributed by atoms with Crippen molar-refractivity contribution in [2.75, 3.05) is 0 Å². The molecular weight excluding hydrogens is 304 g/mol. The third kappa shape index (κ3) is 4.09. The smallest absolute Gasteiger partial charge is 0.276 e. The molecule has 0 amide bonds. The molecule has 0 saturated heterocycles. The molecule has 0 aliphatic heterocycles. The first-order valence-electron chi connectivity index (χ1n) is 6.53. The number of aromatic nitrogens is 2. The Kier molecular flexibility index (Phi) is 4.58. The molecule has 1 heterocycles.